The minimum absolute atomic E-state index is 0.377. The number of anilines is 1. The third-order valence-corrected chi connectivity index (χ3v) is 5.36. The van der Waals surface area contributed by atoms with Crippen molar-refractivity contribution >= 4 is 5.69 Å². The lowest BCUT2D eigenvalue weighted by molar-refractivity contribution is 0.159. The second-order valence-corrected chi connectivity index (χ2v) is 7.20. The third kappa shape index (κ3) is 4.35. The molecule has 0 aliphatic carbocycles. The number of nitrogens with zero attached hydrogens (tertiary/aromatic N) is 4. The molecule has 0 amide bonds. The molecule has 0 bridgehead atoms. The zero-order valence-corrected chi connectivity index (χ0v) is 17.0. The fourth-order valence-electron chi connectivity index (χ4n) is 3.61. The van der Waals surface area contributed by atoms with E-state index in [4.69, 9.17) is 14.0 Å². The predicted octanol–water partition coefficient (Wildman–Crippen LogP) is 3.46. The largest absolute Gasteiger partial charge is 0.497 e. The van der Waals surface area contributed by atoms with Gasteiger partial charge in [0.05, 0.1) is 20.8 Å². The number of rotatable bonds is 6. The SMILES string of the molecule is COc1ccc(-c2noc(CN3CCN(c4ccc(OC)cc4)C[C@H]3C)n2)cc1. The van der Waals surface area contributed by atoms with Gasteiger partial charge in [-0.15, -0.1) is 0 Å². The van der Waals surface area contributed by atoms with Crippen LogP contribution in [0.15, 0.2) is 53.1 Å². The molecular formula is C22H26N4O3. The smallest absolute Gasteiger partial charge is 0.241 e. The molecule has 7 nitrogen and oxygen atoms in total. The van der Waals surface area contributed by atoms with Gasteiger partial charge < -0.3 is 18.9 Å². The molecule has 3 aromatic rings. The van der Waals surface area contributed by atoms with Crippen LogP contribution in [-0.2, 0) is 6.54 Å². The summed E-state index contributed by atoms with van der Waals surface area (Å²) in [6.07, 6.45) is 0. The van der Waals surface area contributed by atoms with Crippen molar-refractivity contribution in [2.45, 2.75) is 19.5 Å². The monoisotopic (exact) mass is 394 g/mol. The maximum atomic E-state index is 5.50. The molecular weight excluding hydrogens is 368 g/mol. The molecule has 1 aliphatic heterocycles. The summed E-state index contributed by atoms with van der Waals surface area (Å²) in [6.45, 7) is 5.73. The summed E-state index contributed by atoms with van der Waals surface area (Å²) in [5.74, 6) is 2.93. The van der Waals surface area contributed by atoms with Crippen LogP contribution in [0.5, 0.6) is 11.5 Å². The van der Waals surface area contributed by atoms with Gasteiger partial charge >= 0.3 is 0 Å². The summed E-state index contributed by atoms with van der Waals surface area (Å²) in [6, 6.07) is 16.3. The quantitative estimate of drug-likeness (QED) is 0.634. The van der Waals surface area contributed by atoms with Gasteiger partial charge in [-0.2, -0.15) is 4.98 Å². The van der Waals surface area contributed by atoms with Gasteiger partial charge in [0.25, 0.3) is 0 Å². The number of benzene rings is 2. The fourth-order valence-corrected chi connectivity index (χ4v) is 3.61. The summed E-state index contributed by atoms with van der Waals surface area (Å²) in [5.41, 5.74) is 2.13. The average Bonchev–Trinajstić information content (AvgIpc) is 3.24. The maximum Gasteiger partial charge on any atom is 0.241 e. The van der Waals surface area contributed by atoms with Crippen LogP contribution in [0.2, 0.25) is 0 Å². The molecule has 0 N–H and O–H groups in total. The molecule has 1 atom stereocenters. The van der Waals surface area contributed by atoms with Crippen LogP contribution in [-0.4, -0.2) is 54.9 Å². The zero-order valence-electron chi connectivity index (χ0n) is 17.0. The lowest BCUT2D eigenvalue weighted by atomic mass is 10.1. The lowest BCUT2D eigenvalue weighted by Gasteiger charge is -2.40. The molecule has 1 aromatic heterocycles. The van der Waals surface area contributed by atoms with Gasteiger partial charge in [-0.3, -0.25) is 4.90 Å². The maximum absolute atomic E-state index is 5.50. The topological polar surface area (TPSA) is 63.9 Å². The van der Waals surface area contributed by atoms with Crippen LogP contribution in [0.25, 0.3) is 11.4 Å². The molecule has 0 unspecified atom stereocenters. The van der Waals surface area contributed by atoms with E-state index >= 15 is 0 Å². The number of piperazine rings is 1. The van der Waals surface area contributed by atoms with Crippen molar-refractivity contribution in [3.8, 4) is 22.9 Å². The van der Waals surface area contributed by atoms with Gasteiger partial charge in [0, 0.05) is 36.9 Å². The highest BCUT2D eigenvalue weighted by Gasteiger charge is 2.25. The van der Waals surface area contributed by atoms with E-state index in [2.05, 4.69) is 39.0 Å². The van der Waals surface area contributed by atoms with E-state index in [9.17, 15) is 0 Å². The van der Waals surface area contributed by atoms with Crippen molar-refractivity contribution in [1.29, 1.82) is 0 Å². The first-order valence-corrected chi connectivity index (χ1v) is 9.76. The molecule has 2 heterocycles. The summed E-state index contributed by atoms with van der Waals surface area (Å²) in [5, 5.41) is 4.14. The molecule has 7 heteroatoms. The van der Waals surface area contributed by atoms with Crippen LogP contribution < -0.4 is 14.4 Å². The first-order chi connectivity index (χ1) is 14.2. The molecule has 1 saturated heterocycles. The number of ether oxygens (including phenoxy) is 2. The number of methoxy groups -OCH3 is 2. The molecule has 1 fully saturated rings. The minimum Gasteiger partial charge on any atom is -0.497 e. The van der Waals surface area contributed by atoms with E-state index in [1.807, 2.05) is 36.4 Å². The Hall–Kier alpha value is -3.06. The van der Waals surface area contributed by atoms with Gasteiger partial charge in [0.1, 0.15) is 11.5 Å². The second-order valence-electron chi connectivity index (χ2n) is 7.20. The van der Waals surface area contributed by atoms with Crippen LogP contribution in [0.3, 0.4) is 0 Å². The molecule has 4 rings (SSSR count). The van der Waals surface area contributed by atoms with E-state index in [0.717, 1.165) is 36.7 Å². The minimum atomic E-state index is 0.377. The molecule has 2 aromatic carbocycles. The summed E-state index contributed by atoms with van der Waals surface area (Å²) in [4.78, 5) is 9.35. The summed E-state index contributed by atoms with van der Waals surface area (Å²) < 4.78 is 15.9. The number of hydrogen-bond donors (Lipinski definition) is 0. The van der Waals surface area contributed by atoms with Gasteiger partial charge in [0.15, 0.2) is 0 Å². The first-order valence-electron chi connectivity index (χ1n) is 9.76. The van der Waals surface area contributed by atoms with Crippen molar-refractivity contribution in [2.75, 3.05) is 38.8 Å². The van der Waals surface area contributed by atoms with Crippen molar-refractivity contribution < 1.29 is 14.0 Å². The molecule has 0 radical (unpaired) electrons. The predicted molar refractivity (Wildman–Crippen MR) is 111 cm³/mol. The Balaban J connectivity index is 1.37. The van der Waals surface area contributed by atoms with Gasteiger partial charge in [0.2, 0.25) is 11.7 Å². The van der Waals surface area contributed by atoms with Gasteiger partial charge in [-0.05, 0) is 55.5 Å². The Morgan fingerprint density at radius 1 is 0.966 bits per heavy atom. The molecule has 0 spiro atoms. The van der Waals surface area contributed by atoms with E-state index in [1.165, 1.54) is 5.69 Å². The highest BCUT2D eigenvalue weighted by molar-refractivity contribution is 5.55. The van der Waals surface area contributed by atoms with Crippen LogP contribution in [0.4, 0.5) is 5.69 Å². The summed E-state index contributed by atoms with van der Waals surface area (Å²) in [7, 11) is 3.34. The molecule has 29 heavy (non-hydrogen) atoms. The number of hydrogen-bond acceptors (Lipinski definition) is 7. The highest BCUT2D eigenvalue weighted by Crippen LogP contribution is 2.24. The highest BCUT2D eigenvalue weighted by atomic mass is 16.5. The van der Waals surface area contributed by atoms with Crippen LogP contribution >= 0.6 is 0 Å². The van der Waals surface area contributed by atoms with E-state index in [1.54, 1.807) is 14.2 Å². The van der Waals surface area contributed by atoms with E-state index in [0.29, 0.717) is 24.3 Å². The molecule has 0 saturated carbocycles. The van der Waals surface area contributed by atoms with Crippen molar-refractivity contribution in [1.82, 2.24) is 15.0 Å². The third-order valence-electron chi connectivity index (χ3n) is 5.36. The van der Waals surface area contributed by atoms with Crippen LogP contribution in [0.1, 0.15) is 12.8 Å². The van der Waals surface area contributed by atoms with Crippen LogP contribution in [0, 0.1) is 0 Å². The van der Waals surface area contributed by atoms with Crippen molar-refractivity contribution in [2.24, 2.45) is 0 Å². The van der Waals surface area contributed by atoms with E-state index < -0.39 is 0 Å². The fraction of sp³-hybridized carbons (Fsp3) is 0.364. The summed E-state index contributed by atoms with van der Waals surface area (Å²) >= 11 is 0. The average molecular weight is 394 g/mol. The Bertz CT molecular complexity index is 924. The normalized spacial score (nSPS) is 17.3. The van der Waals surface area contributed by atoms with Crippen molar-refractivity contribution in [3.63, 3.8) is 0 Å². The molecule has 152 valence electrons. The lowest BCUT2D eigenvalue weighted by Crippen LogP contribution is -2.51. The Morgan fingerprint density at radius 2 is 1.62 bits per heavy atom. The van der Waals surface area contributed by atoms with Crippen molar-refractivity contribution in [3.05, 3.63) is 54.4 Å². The van der Waals surface area contributed by atoms with Gasteiger partial charge in [-0.25, -0.2) is 0 Å². The van der Waals surface area contributed by atoms with E-state index in [-0.39, 0.29) is 0 Å². The Kier molecular flexibility index (Phi) is 5.67. The Labute approximate surface area is 170 Å². The molecule has 1 aliphatic rings. The van der Waals surface area contributed by atoms with Gasteiger partial charge in [-0.1, -0.05) is 5.16 Å². The second kappa shape index (κ2) is 8.53. The Morgan fingerprint density at radius 3 is 2.24 bits per heavy atom. The first kappa shape index (κ1) is 19.3. The standard InChI is InChI=1S/C22H26N4O3/c1-16-14-26(18-6-10-20(28-3)11-7-18)13-12-25(16)15-21-23-22(24-29-21)17-4-8-19(27-2)9-5-17/h4-11,16H,12-15H2,1-3H3/t16-/m1/s1. The number of aromatic nitrogens is 2. The zero-order chi connectivity index (χ0) is 20.2.